The molecule has 1 N–H and O–H groups in total. The number of H-pyrrole nitrogens is 1. The fraction of sp³-hybridized carbons (Fsp3) is 0. The molecular weight excluding hydrogens is 279 g/mol. The van der Waals surface area contributed by atoms with Gasteiger partial charge in [0.25, 0.3) is 5.56 Å². The minimum Gasteiger partial charge on any atom is -0.274 e. The van der Waals surface area contributed by atoms with Gasteiger partial charge in [0.05, 0.1) is 10.2 Å². The summed E-state index contributed by atoms with van der Waals surface area (Å²) in [5.74, 6) is -0.476. The lowest BCUT2D eigenvalue weighted by Crippen LogP contribution is -2.27. The smallest absolute Gasteiger partial charge is 0.274 e. The molecule has 0 saturated carbocycles. The molecule has 0 aliphatic heterocycles. The van der Waals surface area contributed by atoms with Crippen LogP contribution in [-0.2, 0) is 0 Å². The van der Waals surface area contributed by atoms with Gasteiger partial charge in [0.2, 0.25) is 0 Å². The summed E-state index contributed by atoms with van der Waals surface area (Å²) in [5.41, 5.74) is -0.741. The van der Waals surface area contributed by atoms with Crippen molar-refractivity contribution in [2.45, 2.75) is 0 Å². The SMILES string of the molecule is O=c1ccn(-c2ccc(Br)c(F)c2)c(=O)[nH]1. The highest BCUT2D eigenvalue weighted by molar-refractivity contribution is 9.10. The first kappa shape index (κ1) is 10.8. The number of aromatic amines is 1. The minimum absolute atomic E-state index is 0.314. The van der Waals surface area contributed by atoms with E-state index in [1.807, 2.05) is 0 Å². The highest BCUT2D eigenvalue weighted by atomic mass is 79.9. The highest BCUT2D eigenvalue weighted by Gasteiger charge is 2.04. The Bertz CT molecular complexity index is 648. The number of hydrogen-bond donors (Lipinski definition) is 1. The number of halogens is 2. The summed E-state index contributed by atoms with van der Waals surface area (Å²) < 4.78 is 14.7. The normalized spacial score (nSPS) is 10.4. The fourth-order valence-corrected chi connectivity index (χ4v) is 1.50. The minimum atomic E-state index is -0.603. The first-order valence-electron chi connectivity index (χ1n) is 4.35. The summed E-state index contributed by atoms with van der Waals surface area (Å²) >= 11 is 3.01. The molecule has 0 amide bonds. The molecule has 1 aromatic carbocycles. The Labute approximate surface area is 97.5 Å². The maximum Gasteiger partial charge on any atom is 0.332 e. The van der Waals surface area contributed by atoms with Crippen molar-refractivity contribution in [2.75, 3.05) is 0 Å². The van der Waals surface area contributed by atoms with Crippen molar-refractivity contribution in [2.24, 2.45) is 0 Å². The summed E-state index contributed by atoms with van der Waals surface area (Å²) in [4.78, 5) is 24.3. The summed E-state index contributed by atoms with van der Waals surface area (Å²) in [7, 11) is 0. The maximum atomic E-state index is 13.2. The lowest BCUT2D eigenvalue weighted by molar-refractivity contribution is 0.619. The fourth-order valence-electron chi connectivity index (χ4n) is 1.26. The Hall–Kier alpha value is -1.69. The standard InChI is InChI=1S/C10H6BrFN2O2/c11-7-2-1-6(5-8(7)12)14-4-3-9(15)13-10(14)16/h1-5H,(H,13,15,16). The molecule has 82 valence electrons. The van der Waals surface area contributed by atoms with Gasteiger partial charge in [-0.05, 0) is 34.1 Å². The topological polar surface area (TPSA) is 54.9 Å². The molecule has 0 aliphatic carbocycles. The maximum absolute atomic E-state index is 13.2. The Morgan fingerprint density at radius 2 is 2.00 bits per heavy atom. The molecular formula is C10H6BrFN2O2. The number of nitrogens with one attached hydrogen (secondary N) is 1. The molecule has 0 atom stereocenters. The second-order valence-corrected chi connectivity index (χ2v) is 3.93. The Kier molecular flexibility index (Phi) is 2.74. The third-order valence-corrected chi connectivity index (χ3v) is 2.65. The molecule has 6 heteroatoms. The quantitative estimate of drug-likeness (QED) is 0.861. The summed E-state index contributed by atoms with van der Waals surface area (Å²) in [6, 6.07) is 5.44. The highest BCUT2D eigenvalue weighted by Crippen LogP contribution is 2.17. The average molecular weight is 285 g/mol. The van der Waals surface area contributed by atoms with Crippen LogP contribution in [0.5, 0.6) is 0 Å². The molecule has 0 spiro atoms. The molecule has 0 aliphatic rings. The van der Waals surface area contributed by atoms with Gasteiger partial charge >= 0.3 is 5.69 Å². The van der Waals surface area contributed by atoms with E-state index >= 15 is 0 Å². The predicted molar refractivity (Wildman–Crippen MR) is 60.3 cm³/mol. The number of aromatic nitrogens is 2. The largest absolute Gasteiger partial charge is 0.332 e. The molecule has 0 bridgehead atoms. The first-order valence-corrected chi connectivity index (χ1v) is 5.14. The molecule has 0 fully saturated rings. The van der Waals surface area contributed by atoms with E-state index in [-0.39, 0.29) is 0 Å². The van der Waals surface area contributed by atoms with Gasteiger partial charge in [-0.1, -0.05) is 0 Å². The van der Waals surface area contributed by atoms with Crippen molar-refractivity contribution >= 4 is 15.9 Å². The van der Waals surface area contributed by atoms with Gasteiger partial charge in [-0.3, -0.25) is 14.3 Å². The van der Waals surface area contributed by atoms with Crippen molar-refractivity contribution in [3.8, 4) is 5.69 Å². The van der Waals surface area contributed by atoms with Crippen LogP contribution in [0, 0.1) is 5.82 Å². The molecule has 1 heterocycles. The van der Waals surface area contributed by atoms with Crippen LogP contribution >= 0.6 is 15.9 Å². The number of rotatable bonds is 1. The summed E-state index contributed by atoms with van der Waals surface area (Å²) in [6.45, 7) is 0. The van der Waals surface area contributed by atoms with Crippen LogP contribution in [0.4, 0.5) is 4.39 Å². The Morgan fingerprint density at radius 3 is 2.62 bits per heavy atom. The molecule has 1 aromatic heterocycles. The van der Waals surface area contributed by atoms with Gasteiger partial charge in [-0.25, -0.2) is 9.18 Å². The van der Waals surface area contributed by atoms with E-state index in [1.54, 1.807) is 6.07 Å². The van der Waals surface area contributed by atoms with Crippen molar-refractivity contribution in [3.05, 3.63) is 61.6 Å². The molecule has 2 rings (SSSR count). The first-order chi connectivity index (χ1) is 7.58. The van der Waals surface area contributed by atoms with Gasteiger partial charge in [0.1, 0.15) is 5.82 Å². The van der Waals surface area contributed by atoms with E-state index in [0.29, 0.717) is 10.2 Å². The van der Waals surface area contributed by atoms with Gasteiger partial charge in [-0.2, -0.15) is 0 Å². The van der Waals surface area contributed by atoms with E-state index in [0.717, 1.165) is 4.57 Å². The van der Waals surface area contributed by atoms with E-state index in [9.17, 15) is 14.0 Å². The van der Waals surface area contributed by atoms with Gasteiger partial charge < -0.3 is 0 Å². The zero-order chi connectivity index (χ0) is 11.7. The van der Waals surface area contributed by atoms with Crippen LogP contribution in [-0.4, -0.2) is 9.55 Å². The lowest BCUT2D eigenvalue weighted by Gasteiger charge is -2.04. The Balaban J connectivity index is 2.63. The van der Waals surface area contributed by atoms with E-state index in [2.05, 4.69) is 20.9 Å². The van der Waals surface area contributed by atoms with Gasteiger partial charge in [0, 0.05) is 12.3 Å². The van der Waals surface area contributed by atoms with Crippen LogP contribution in [0.3, 0.4) is 0 Å². The van der Waals surface area contributed by atoms with Crippen molar-refractivity contribution in [1.29, 1.82) is 0 Å². The lowest BCUT2D eigenvalue weighted by atomic mass is 10.3. The van der Waals surface area contributed by atoms with E-state index in [1.165, 1.54) is 24.4 Å². The van der Waals surface area contributed by atoms with E-state index < -0.39 is 17.1 Å². The average Bonchev–Trinajstić information content (AvgIpc) is 2.22. The van der Waals surface area contributed by atoms with Crippen LogP contribution in [0.15, 0.2) is 44.5 Å². The number of benzene rings is 1. The van der Waals surface area contributed by atoms with Gasteiger partial charge in [0.15, 0.2) is 0 Å². The van der Waals surface area contributed by atoms with Crippen LogP contribution in [0.1, 0.15) is 0 Å². The van der Waals surface area contributed by atoms with Crippen LogP contribution in [0.25, 0.3) is 5.69 Å². The third kappa shape index (κ3) is 1.96. The molecule has 0 unspecified atom stereocenters. The van der Waals surface area contributed by atoms with Crippen LogP contribution in [0.2, 0.25) is 0 Å². The molecule has 0 radical (unpaired) electrons. The molecule has 4 nitrogen and oxygen atoms in total. The second kappa shape index (κ2) is 4.05. The summed E-state index contributed by atoms with van der Waals surface area (Å²) in [5, 5.41) is 0. The van der Waals surface area contributed by atoms with Crippen molar-refractivity contribution in [1.82, 2.24) is 9.55 Å². The van der Waals surface area contributed by atoms with Crippen molar-refractivity contribution < 1.29 is 4.39 Å². The third-order valence-electron chi connectivity index (χ3n) is 2.01. The summed E-state index contributed by atoms with van der Waals surface area (Å²) in [6.07, 6.45) is 1.30. The molecule has 16 heavy (non-hydrogen) atoms. The van der Waals surface area contributed by atoms with Crippen LogP contribution < -0.4 is 11.2 Å². The predicted octanol–water partition coefficient (Wildman–Crippen LogP) is 1.43. The molecule has 2 aromatic rings. The van der Waals surface area contributed by atoms with Crippen molar-refractivity contribution in [3.63, 3.8) is 0 Å². The zero-order valence-electron chi connectivity index (χ0n) is 7.91. The number of hydrogen-bond acceptors (Lipinski definition) is 2. The van der Waals surface area contributed by atoms with E-state index in [4.69, 9.17) is 0 Å². The molecule has 0 saturated heterocycles. The Morgan fingerprint density at radius 1 is 1.25 bits per heavy atom. The second-order valence-electron chi connectivity index (χ2n) is 3.08. The number of nitrogens with zero attached hydrogens (tertiary/aromatic N) is 1. The monoisotopic (exact) mass is 284 g/mol. The zero-order valence-corrected chi connectivity index (χ0v) is 9.49. The van der Waals surface area contributed by atoms with Gasteiger partial charge in [-0.15, -0.1) is 0 Å².